The summed E-state index contributed by atoms with van der Waals surface area (Å²) in [5, 5.41) is 0. The fourth-order valence-electron chi connectivity index (χ4n) is 2.11. The van der Waals surface area contributed by atoms with Crippen LogP contribution in [0.4, 0.5) is 0 Å². The van der Waals surface area contributed by atoms with Crippen LogP contribution in [0.15, 0.2) is 30.5 Å². The van der Waals surface area contributed by atoms with E-state index in [0.717, 1.165) is 27.9 Å². The second-order valence-corrected chi connectivity index (χ2v) is 3.59. The van der Waals surface area contributed by atoms with E-state index in [1.807, 2.05) is 37.4 Å². The van der Waals surface area contributed by atoms with Crippen LogP contribution >= 0.6 is 0 Å². The van der Waals surface area contributed by atoms with Crippen molar-refractivity contribution in [2.75, 3.05) is 0 Å². The van der Waals surface area contributed by atoms with E-state index in [9.17, 15) is 4.79 Å². The largest absolute Gasteiger partial charge is 0.358 e. The van der Waals surface area contributed by atoms with Gasteiger partial charge in [-0.1, -0.05) is 18.2 Å². The molecule has 0 atom stereocenters. The van der Waals surface area contributed by atoms with Gasteiger partial charge in [-0.3, -0.25) is 4.79 Å². The van der Waals surface area contributed by atoms with Gasteiger partial charge in [-0.05, 0) is 24.1 Å². The van der Waals surface area contributed by atoms with E-state index >= 15 is 0 Å². The minimum Gasteiger partial charge on any atom is -0.358 e. The van der Waals surface area contributed by atoms with Crippen LogP contribution in [-0.4, -0.2) is 10.8 Å². The molecule has 0 saturated heterocycles. The Morgan fingerprint density at radius 1 is 1.14 bits per heavy atom. The van der Waals surface area contributed by atoms with Crippen molar-refractivity contribution in [2.24, 2.45) is 0 Å². The van der Waals surface area contributed by atoms with Crippen molar-refractivity contribution >= 4 is 5.78 Å². The van der Waals surface area contributed by atoms with Gasteiger partial charge in [0.2, 0.25) is 5.78 Å². The molecule has 0 spiro atoms. The van der Waals surface area contributed by atoms with E-state index in [1.165, 1.54) is 0 Å². The van der Waals surface area contributed by atoms with Gasteiger partial charge >= 0.3 is 0 Å². The molecule has 0 aliphatic heterocycles. The van der Waals surface area contributed by atoms with Gasteiger partial charge in [-0.15, -0.1) is 0 Å². The molecule has 1 N–H and O–H groups in total. The van der Waals surface area contributed by atoms with Crippen LogP contribution in [0.25, 0.3) is 11.1 Å². The van der Waals surface area contributed by atoms with Crippen LogP contribution in [0.2, 0.25) is 0 Å². The lowest BCUT2D eigenvalue weighted by Crippen LogP contribution is -1.95. The quantitative estimate of drug-likeness (QED) is 0.570. The van der Waals surface area contributed by atoms with E-state index < -0.39 is 0 Å². The smallest absolute Gasteiger partial charge is 0.210 e. The summed E-state index contributed by atoms with van der Waals surface area (Å²) in [7, 11) is 0. The number of rotatable bonds is 0. The predicted octanol–water partition coefficient (Wildman–Crippen LogP) is 2.53. The van der Waals surface area contributed by atoms with Crippen LogP contribution in [0.1, 0.15) is 21.6 Å². The number of carbonyl (C=O) groups is 1. The highest BCUT2D eigenvalue weighted by Crippen LogP contribution is 2.37. The average molecular weight is 183 g/mol. The first-order chi connectivity index (χ1) is 6.79. The Morgan fingerprint density at radius 2 is 2.00 bits per heavy atom. The van der Waals surface area contributed by atoms with Crippen LogP contribution in [0.5, 0.6) is 0 Å². The highest BCUT2D eigenvalue weighted by molar-refractivity contribution is 6.21. The molecule has 0 bridgehead atoms. The first-order valence-corrected chi connectivity index (χ1v) is 4.61. The summed E-state index contributed by atoms with van der Waals surface area (Å²) in [6, 6.07) is 7.82. The first-order valence-electron chi connectivity index (χ1n) is 4.61. The molecule has 2 heteroatoms. The monoisotopic (exact) mass is 183 g/mol. The van der Waals surface area contributed by atoms with Crippen molar-refractivity contribution in [1.29, 1.82) is 0 Å². The maximum atomic E-state index is 11.9. The van der Waals surface area contributed by atoms with E-state index in [-0.39, 0.29) is 5.78 Å². The van der Waals surface area contributed by atoms with Crippen LogP contribution in [0.3, 0.4) is 0 Å². The number of hydrogen-bond donors (Lipinski definition) is 1. The maximum Gasteiger partial charge on any atom is 0.210 e. The Morgan fingerprint density at radius 3 is 2.86 bits per heavy atom. The zero-order chi connectivity index (χ0) is 9.71. The van der Waals surface area contributed by atoms with Gasteiger partial charge in [-0.2, -0.15) is 0 Å². The molecular formula is C12H9NO. The predicted molar refractivity (Wildman–Crippen MR) is 54.4 cm³/mol. The second-order valence-electron chi connectivity index (χ2n) is 3.59. The van der Waals surface area contributed by atoms with Gasteiger partial charge in [-0.25, -0.2) is 0 Å². The zero-order valence-electron chi connectivity index (χ0n) is 7.79. The molecule has 0 unspecified atom stereocenters. The molecule has 0 saturated carbocycles. The summed E-state index contributed by atoms with van der Waals surface area (Å²) >= 11 is 0. The highest BCUT2D eigenvalue weighted by Gasteiger charge is 2.28. The third kappa shape index (κ3) is 0.732. The van der Waals surface area contributed by atoms with Crippen molar-refractivity contribution < 1.29 is 4.79 Å². The number of aryl methyl sites for hydroxylation is 1. The van der Waals surface area contributed by atoms with Crippen LogP contribution in [-0.2, 0) is 0 Å². The number of aromatic amines is 1. The number of benzene rings is 1. The van der Waals surface area contributed by atoms with Gasteiger partial charge in [0.15, 0.2) is 0 Å². The van der Waals surface area contributed by atoms with Gasteiger partial charge in [0.1, 0.15) is 0 Å². The molecule has 3 rings (SSSR count). The van der Waals surface area contributed by atoms with E-state index in [4.69, 9.17) is 0 Å². The zero-order valence-corrected chi connectivity index (χ0v) is 7.79. The minimum atomic E-state index is 0.115. The van der Waals surface area contributed by atoms with Gasteiger partial charge in [0, 0.05) is 17.3 Å². The molecule has 1 heterocycles. The molecule has 1 aliphatic carbocycles. The van der Waals surface area contributed by atoms with Crippen molar-refractivity contribution in [2.45, 2.75) is 6.92 Å². The molecule has 1 aromatic carbocycles. The number of aromatic nitrogens is 1. The fraction of sp³-hybridized carbons (Fsp3) is 0.0833. The number of carbonyl (C=O) groups excluding carboxylic acids is 1. The third-order valence-electron chi connectivity index (χ3n) is 2.76. The fourth-order valence-corrected chi connectivity index (χ4v) is 2.11. The minimum absolute atomic E-state index is 0.115. The molecule has 0 fully saturated rings. The SMILES string of the molecule is Cc1cccc2c1-c1cc[nH]c1C2=O. The van der Waals surface area contributed by atoms with Crippen LogP contribution in [0, 0.1) is 6.92 Å². The van der Waals surface area contributed by atoms with E-state index in [1.54, 1.807) is 0 Å². The Kier molecular flexibility index (Phi) is 1.27. The normalized spacial score (nSPS) is 12.8. The number of fused-ring (bicyclic) bond motifs is 3. The first kappa shape index (κ1) is 7.56. The molecule has 68 valence electrons. The number of hydrogen-bond acceptors (Lipinski definition) is 1. The topological polar surface area (TPSA) is 32.9 Å². The standard InChI is InChI=1S/C12H9NO/c1-7-3-2-4-9-10(7)8-5-6-13-11(8)12(9)14/h2-6,13H,1H3. The summed E-state index contributed by atoms with van der Waals surface area (Å²) in [6.45, 7) is 2.04. The van der Waals surface area contributed by atoms with Crippen molar-refractivity contribution in [1.82, 2.24) is 4.98 Å². The van der Waals surface area contributed by atoms with Crippen molar-refractivity contribution in [3.8, 4) is 11.1 Å². The lowest BCUT2D eigenvalue weighted by atomic mass is 10.0. The van der Waals surface area contributed by atoms with E-state index in [2.05, 4.69) is 4.98 Å². The molecule has 1 aliphatic rings. The lowest BCUT2D eigenvalue weighted by molar-refractivity contribution is 0.103. The summed E-state index contributed by atoms with van der Waals surface area (Å²) in [4.78, 5) is 14.9. The molecule has 2 nitrogen and oxygen atoms in total. The number of H-pyrrole nitrogens is 1. The summed E-state index contributed by atoms with van der Waals surface area (Å²) in [5.74, 6) is 0.115. The summed E-state index contributed by atoms with van der Waals surface area (Å²) in [5.41, 5.74) is 4.85. The maximum absolute atomic E-state index is 11.9. The Hall–Kier alpha value is -1.83. The van der Waals surface area contributed by atoms with Crippen LogP contribution < -0.4 is 0 Å². The number of nitrogens with one attached hydrogen (secondary N) is 1. The molecule has 1 aromatic heterocycles. The van der Waals surface area contributed by atoms with E-state index in [0.29, 0.717) is 0 Å². The Labute approximate surface area is 81.6 Å². The highest BCUT2D eigenvalue weighted by atomic mass is 16.1. The van der Waals surface area contributed by atoms with Gasteiger partial charge in [0.05, 0.1) is 5.69 Å². The lowest BCUT2D eigenvalue weighted by Gasteiger charge is -2.01. The summed E-state index contributed by atoms with van der Waals surface area (Å²) < 4.78 is 0. The second kappa shape index (κ2) is 2.35. The average Bonchev–Trinajstić information content (AvgIpc) is 2.72. The molecule has 2 aromatic rings. The third-order valence-corrected chi connectivity index (χ3v) is 2.76. The molecule has 0 amide bonds. The molecular weight excluding hydrogens is 174 g/mol. The Bertz CT molecular complexity index is 537. The Balaban J connectivity index is 2.46. The number of ketones is 1. The van der Waals surface area contributed by atoms with Crippen molar-refractivity contribution in [3.63, 3.8) is 0 Å². The summed E-state index contributed by atoms with van der Waals surface area (Å²) in [6.07, 6.45) is 1.82. The molecule has 14 heavy (non-hydrogen) atoms. The van der Waals surface area contributed by atoms with Crippen molar-refractivity contribution in [3.05, 3.63) is 47.3 Å². The van der Waals surface area contributed by atoms with Gasteiger partial charge < -0.3 is 4.98 Å². The molecule has 0 radical (unpaired) electrons. The van der Waals surface area contributed by atoms with Gasteiger partial charge in [0.25, 0.3) is 0 Å².